The van der Waals surface area contributed by atoms with Gasteiger partial charge in [-0.05, 0) is 26.7 Å². The largest absolute Gasteiger partial charge is 0.367 e. The maximum absolute atomic E-state index is 13.1. The van der Waals surface area contributed by atoms with Crippen LogP contribution in [0, 0.1) is 5.92 Å². The van der Waals surface area contributed by atoms with Crippen LogP contribution in [0.25, 0.3) is 0 Å². The Balaban J connectivity index is 1.76. The van der Waals surface area contributed by atoms with E-state index in [9.17, 15) is 4.79 Å². The molecule has 3 unspecified atom stereocenters. The minimum atomic E-state index is -0.498. The van der Waals surface area contributed by atoms with Crippen LogP contribution < -0.4 is 5.73 Å². The number of morpholine rings is 1. The molecule has 1 aliphatic carbocycles. The second-order valence-electron chi connectivity index (χ2n) is 7.55. The van der Waals surface area contributed by atoms with E-state index in [1.807, 2.05) is 38.2 Å². The number of carbonyl (C=O) groups is 1. The first-order chi connectivity index (χ1) is 10.8. The molecule has 6 nitrogen and oxygen atoms in total. The lowest BCUT2D eigenvalue weighted by Crippen LogP contribution is -2.58. The van der Waals surface area contributed by atoms with Gasteiger partial charge in [0.1, 0.15) is 5.60 Å². The van der Waals surface area contributed by atoms with Gasteiger partial charge in [0.2, 0.25) is 5.91 Å². The van der Waals surface area contributed by atoms with E-state index in [0.717, 1.165) is 31.2 Å². The highest BCUT2D eigenvalue weighted by Gasteiger charge is 2.43. The highest BCUT2D eigenvalue weighted by molar-refractivity contribution is 5.80. The summed E-state index contributed by atoms with van der Waals surface area (Å²) in [5.74, 6) is 0.112. The number of carbonyl (C=O) groups excluding carboxylic acids is 1. The van der Waals surface area contributed by atoms with Gasteiger partial charge in [0.05, 0.1) is 25.3 Å². The molecule has 23 heavy (non-hydrogen) atoms. The van der Waals surface area contributed by atoms with E-state index in [2.05, 4.69) is 5.10 Å². The average Bonchev–Trinajstić information content (AvgIpc) is 2.94. The van der Waals surface area contributed by atoms with Crippen molar-refractivity contribution in [2.75, 3.05) is 19.7 Å². The van der Waals surface area contributed by atoms with Crippen LogP contribution in [-0.2, 0) is 22.2 Å². The van der Waals surface area contributed by atoms with Crippen molar-refractivity contribution in [3.8, 4) is 0 Å². The molecule has 0 radical (unpaired) electrons. The van der Waals surface area contributed by atoms with Crippen molar-refractivity contribution in [3.63, 3.8) is 0 Å². The lowest BCUT2D eigenvalue weighted by Gasteiger charge is -2.44. The number of nitrogens with two attached hydrogens (primary N) is 1. The maximum atomic E-state index is 13.1. The predicted octanol–water partition coefficient (Wildman–Crippen LogP) is 1.40. The highest BCUT2D eigenvalue weighted by Crippen LogP contribution is 2.35. The average molecular weight is 320 g/mol. The van der Waals surface area contributed by atoms with Crippen LogP contribution in [0.1, 0.15) is 45.1 Å². The molecule has 3 atom stereocenters. The third-order valence-electron chi connectivity index (χ3n) is 5.45. The SMILES string of the molecule is Cn1cc(C2(C)CN(C(=O)C3CCCCC3(C)N)CCO2)cn1. The van der Waals surface area contributed by atoms with E-state index in [1.165, 1.54) is 0 Å². The van der Waals surface area contributed by atoms with Gasteiger partial charge in [0, 0.05) is 30.9 Å². The second-order valence-corrected chi connectivity index (χ2v) is 7.55. The Morgan fingerprint density at radius 2 is 2.22 bits per heavy atom. The second kappa shape index (κ2) is 5.91. The first-order valence-corrected chi connectivity index (χ1v) is 8.53. The topological polar surface area (TPSA) is 73.4 Å². The molecule has 2 N–H and O–H groups in total. The van der Waals surface area contributed by atoms with E-state index in [0.29, 0.717) is 19.7 Å². The summed E-state index contributed by atoms with van der Waals surface area (Å²) < 4.78 is 7.77. The molecule has 1 aromatic heterocycles. The Morgan fingerprint density at radius 3 is 2.87 bits per heavy atom. The first-order valence-electron chi connectivity index (χ1n) is 8.53. The normalized spacial score (nSPS) is 35.3. The van der Waals surface area contributed by atoms with Crippen LogP contribution in [0.4, 0.5) is 0 Å². The fourth-order valence-electron chi connectivity index (χ4n) is 3.91. The highest BCUT2D eigenvalue weighted by atomic mass is 16.5. The molecular formula is C17H28N4O2. The first kappa shape index (κ1) is 16.5. The number of ether oxygens (including phenoxy) is 1. The monoisotopic (exact) mass is 320 g/mol. The van der Waals surface area contributed by atoms with Crippen molar-refractivity contribution in [2.45, 2.75) is 50.7 Å². The van der Waals surface area contributed by atoms with E-state index >= 15 is 0 Å². The smallest absolute Gasteiger partial charge is 0.227 e. The molecule has 128 valence electrons. The van der Waals surface area contributed by atoms with E-state index < -0.39 is 11.1 Å². The summed E-state index contributed by atoms with van der Waals surface area (Å²) in [5.41, 5.74) is 6.54. The van der Waals surface area contributed by atoms with Gasteiger partial charge in [-0.25, -0.2) is 0 Å². The number of aromatic nitrogens is 2. The van der Waals surface area contributed by atoms with Gasteiger partial charge in [-0.15, -0.1) is 0 Å². The van der Waals surface area contributed by atoms with Crippen LogP contribution in [0.2, 0.25) is 0 Å². The molecular weight excluding hydrogens is 292 g/mol. The molecule has 1 aliphatic heterocycles. The number of amides is 1. The van der Waals surface area contributed by atoms with Gasteiger partial charge in [0.15, 0.2) is 0 Å². The Kier molecular flexibility index (Phi) is 4.23. The minimum Gasteiger partial charge on any atom is -0.367 e. The molecule has 0 spiro atoms. The molecule has 2 heterocycles. The lowest BCUT2D eigenvalue weighted by atomic mass is 9.73. The fourth-order valence-corrected chi connectivity index (χ4v) is 3.91. The van der Waals surface area contributed by atoms with Crippen molar-refractivity contribution in [1.29, 1.82) is 0 Å². The molecule has 2 fully saturated rings. The van der Waals surface area contributed by atoms with Crippen LogP contribution in [-0.4, -0.2) is 45.8 Å². The van der Waals surface area contributed by atoms with Crippen molar-refractivity contribution >= 4 is 5.91 Å². The molecule has 1 saturated carbocycles. The molecule has 6 heteroatoms. The molecule has 1 saturated heterocycles. The molecule has 0 bridgehead atoms. The zero-order valence-electron chi connectivity index (χ0n) is 14.4. The lowest BCUT2D eigenvalue weighted by molar-refractivity contribution is -0.156. The molecule has 3 rings (SSSR count). The Labute approximate surface area is 138 Å². The summed E-state index contributed by atoms with van der Waals surface area (Å²) in [6.07, 6.45) is 7.81. The van der Waals surface area contributed by atoms with Crippen molar-refractivity contribution in [3.05, 3.63) is 18.0 Å². The van der Waals surface area contributed by atoms with Crippen molar-refractivity contribution < 1.29 is 9.53 Å². The Bertz CT molecular complexity index is 583. The zero-order valence-corrected chi connectivity index (χ0v) is 14.4. The molecule has 0 aromatic carbocycles. The summed E-state index contributed by atoms with van der Waals surface area (Å²) in [6.45, 7) is 5.80. The number of hydrogen-bond acceptors (Lipinski definition) is 4. The van der Waals surface area contributed by atoms with E-state index in [4.69, 9.17) is 10.5 Å². The van der Waals surface area contributed by atoms with Gasteiger partial charge < -0.3 is 15.4 Å². The predicted molar refractivity (Wildman–Crippen MR) is 87.6 cm³/mol. The van der Waals surface area contributed by atoms with Gasteiger partial charge in [-0.3, -0.25) is 9.48 Å². The third kappa shape index (κ3) is 3.15. The summed E-state index contributed by atoms with van der Waals surface area (Å²) in [5, 5.41) is 4.23. The summed E-state index contributed by atoms with van der Waals surface area (Å²) >= 11 is 0. The Hall–Kier alpha value is -1.40. The zero-order chi connectivity index (χ0) is 16.7. The molecule has 1 aromatic rings. The molecule has 1 amide bonds. The van der Waals surface area contributed by atoms with Crippen LogP contribution in [0.15, 0.2) is 12.4 Å². The van der Waals surface area contributed by atoms with E-state index in [-0.39, 0.29) is 11.8 Å². The molecule has 2 aliphatic rings. The van der Waals surface area contributed by atoms with E-state index in [1.54, 1.807) is 4.68 Å². The van der Waals surface area contributed by atoms with Gasteiger partial charge >= 0.3 is 0 Å². The fraction of sp³-hybridized carbons (Fsp3) is 0.765. The van der Waals surface area contributed by atoms with Crippen LogP contribution in [0.5, 0.6) is 0 Å². The summed E-state index contributed by atoms with van der Waals surface area (Å²) in [7, 11) is 1.89. The van der Waals surface area contributed by atoms with Crippen molar-refractivity contribution in [2.24, 2.45) is 18.7 Å². The third-order valence-corrected chi connectivity index (χ3v) is 5.45. The number of hydrogen-bond donors (Lipinski definition) is 1. The quantitative estimate of drug-likeness (QED) is 0.894. The summed E-state index contributed by atoms with van der Waals surface area (Å²) in [6, 6.07) is 0. The maximum Gasteiger partial charge on any atom is 0.227 e. The minimum absolute atomic E-state index is 0.0764. The standard InChI is InChI=1S/C17H28N4O2/c1-16(18)7-5-4-6-14(16)15(22)21-8-9-23-17(2,12-21)13-10-19-20(3)11-13/h10-11,14H,4-9,12,18H2,1-3H3. The number of aryl methyl sites for hydroxylation is 1. The van der Waals surface area contributed by atoms with Gasteiger partial charge in [-0.1, -0.05) is 12.8 Å². The van der Waals surface area contributed by atoms with Gasteiger partial charge in [-0.2, -0.15) is 5.10 Å². The summed E-state index contributed by atoms with van der Waals surface area (Å²) in [4.78, 5) is 15.0. The van der Waals surface area contributed by atoms with Crippen molar-refractivity contribution in [1.82, 2.24) is 14.7 Å². The van der Waals surface area contributed by atoms with Crippen LogP contribution >= 0.6 is 0 Å². The number of rotatable bonds is 2. The Morgan fingerprint density at radius 1 is 1.43 bits per heavy atom. The van der Waals surface area contributed by atoms with Crippen LogP contribution in [0.3, 0.4) is 0 Å². The number of nitrogens with zero attached hydrogens (tertiary/aromatic N) is 3. The van der Waals surface area contributed by atoms with Gasteiger partial charge in [0.25, 0.3) is 0 Å².